The van der Waals surface area contributed by atoms with E-state index in [1.54, 1.807) is 4.90 Å². The Labute approximate surface area is 123 Å². The molecule has 2 amide bonds. The van der Waals surface area contributed by atoms with E-state index >= 15 is 0 Å². The standard InChI is InChI=1S/C16H32N2O2/c1-12(9-10-16(2,3)4)17-15(20)18(5)11-13-7-6-8-14(13)19/h12-14,19H,6-11H2,1-5H3,(H,17,20). The zero-order valence-corrected chi connectivity index (χ0v) is 13.8. The molecule has 3 unspecified atom stereocenters. The van der Waals surface area contributed by atoms with E-state index in [0.717, 1.165) is 32.1 Å². The molecule has 1 fully saturated rings. The van der Waals surface area contributed by atoms with Crippen molar-refractivity contribution in [1.29, 1.82) is 0 Å². The van der Waals surface area contributed by atoms with Gasteiger partial charge in [0, 0.05) is 25.6 Å². The van der Waals surface area contributed by atoms with E-state index < -0.39 is 0 Å². The lowest BCUT2D eigenvalue weighted by Gasteiger charge is -2.26. The van der Waals surface area contributed by atoms with Crippen molar-refractivity contribution in [3.63, 3.8) is 0 Å². The van der Waals surface area contributed by atoms with Crippen LogP contribution in [0.2, 0.25) is 0 Å². The number of amides is 2. The fourth-order valence-corrected chi connectivity index (χ4v) is 2.71. The molecule has 4 heteroatoms. The van der Waals surface area contributed by atoms with Gasteiger partial charge in [0.1, 0.15) is 0 Å². The summed E-state index contributed by atoms with van der Waals surface area (Å²) in [5.74, 6) is 0.246. The predicted molar refractivity (Wildman–Crippen MR) is 82.7 cm³/mol. The number of hydrogen-bond acceptors (Lipinski definition) is 2. The quantitative estimate of drug-likeness (QED) is 0.815. The molecular formula is C16H32N2O2. The van der Waals surface area contributed by atoms with Gasteiger partial charge in [-0.05, 0) is 38.0 Å². The summed E-state index contributed by atoms with van der Waals surface area (Å²) >= 11 is 0. The monoisotopic (exact) mass is 284 g/mol. The predicted octanol–water partition coefficient (Wildman–Crippen LogP) is 3.00. The van der Waals surface area contributed by atoms with E-state index in [1.165, 1.54) is 0 Å². The van der Waals surface area contributed by atoms with Crippen LogP contribution in [-0.4, -0.2) is 41.8 Å². The fourth-order valence-electron chi connectivity index (χ4n) is 2.71. The maximum Gasteiger partial charge on any atom is 0.317 e. The number of hydrogen-bond donors (Lipinski definition) is 2. The molecule has 1 saturated carbocycles. The van der Waals surface area contributed by atoms with Crippen LogP contribution in [0.25, 0.3) is 0 Å². The van der Waals surface area contributed by atoms with Gasteiger partial charge >= 0.3 is 6.03 Å². The Bertz CT molecular complexity index is 312. The van der Waals surface area contributed by atoms with Crippen molar-refractivity contribution < 1.29 is 9.90 Å². The maximum absolute atomic E-state index is 12.1. The van der Waals surface area contributed by atoms with Crippen LogP contribution in [0.15, 0.2) is 0 Å². The number of carbonyl (C=O) groups excluding carboxylic acids is 1. The van der Waals surface area contributed by atoms with Crippen molar-refractivity contribution in [2.45, 2.75) is 71.9 Å². The second-order valence-corrected chi connectivity index (χ2v) is 7.59. The minimum absolute atomic E-state index is 0.0227. The third kappa shape index (κ3) is 6.12. The molecule has 0 aromatic carbocycles. The van der Waals surface area contributed by atoms with Crippen molar-refractivity contribution in [3.05, 3.63) is 0 Å². The summed E-state index contributed by atoms with van der Waals surface area (Å²) in [6, 6.07) is 0.170. The van der Waals surface area contributed by atoms with Gasteiger partial charge in [-0.2, -0.15) is 0 Å². The van der Waals surface area contributed by atoms with Crippen molar-refractivity contribution >= 4 is 6.03 Å². The maximum atomic E-state index is 12.1. The van der Waals surface area contributed by atoms with Gasteiger partial charge in [-0.25, -0.2) is 4.79 Å². The SMILES string of the molecule is CC(CCC(C)(C)C)NC(=O)N(C)CC1CCCC1O. The van der Waals surface area contributed by atoms with E-state index in [9.17, 15) is 9.90 Å². The van der Waals surface area contributed by atoms with Gasteiger partial charge in [0.25, 0.3) is 0 Å². The van der Waals surface area contributed by atoms with Crippen LogP contribution in [-0.2, 0) is 0 Å². The molecule has 0 radical (unpaired) electrons. The van der Waals surface area contributed by atoms with Crippen LogP contribution in [0.5, 0.6) is 0 Å². The van der Waals surface area contributed by atoms with Crippen LogP contribution in [0.3, 0.4) is 0 Å². The summed E-state index contributed by atoms with van der Waals surface area (Å²) < 4.78 is 0. The molecule has 1 aliphatic rings. The second kappa shape index (κ2) is 7.30. The Morgan fingerprint density at radius 2 is 2.05 bits per heavy atom. The average Bonchev–Trinajstić information content (AvgIpc) is 2.71. The highest BCUT2D eigenvalue weighted by atomic mass is 16.3. The minimum atomic E-state index is -0.233. The van der Waals surface area contributed by atoms with Crippen molar-refractivity contribution in [2.24, 2.45) is 11.3 Å². The van der Waals surface area contributed by atoms with E-state index in [1.807, 2.05) is 7.05 Å². The Morgan fingerprint density at radius 3 is 2.55 bits per heavy atom. The van der Waals surface area contributed by atoms with Crippen molar-refractivity contribution in [2.75, 3.05) is 13.6 Å². The van der Waals surface area contributed by atoms with E-state index in [2.05, 4.69) is 33.0 Å². The summed E-state index contributed by atoms with van der Waals surface area (Å²) in [4.78, 5) is 13.8. The fraction of sp³-hybridized carbons (Fsp3) is 0.938. The molecule has 20 heavy (non-hydrogen) atoms. The van der Waals surface area contributed by atoms with Crippen LogP contribution in [0.4, 0.5) is 4.79 Å². The smallest absolute Gasteiger partial charge is 0.317 e. The van der Waals surface area contributed by atoms with Crippen LogP contribution < -0.4 is 5.32 Å². The molecule has 0 heterocycles. The van der Waals surface area contributed by atoms with Gasteiger partial charge in [-0.1, -0.05) is 27.2 Å². The summed E-state index contributed by atoms with van der Waals surface area (Å²) in [7, 11) is 1.82. The summed E-state index contributed by atoms with van der Waals surface area (Å²) in [6.45, 7) is 9.36. The number of aliphatic hydroxyl groups is 1. The number of aliphatic hydroxyl groups excluding tert-OH is 1. The number of rotatable bonds is 5. The number of nitrogens with zero attached hydrogens (tertiary/aromatic N) is 1. The van der Waals surface area contributed by atoms with E-state index in [-0.39, 0.29) is 24.1 Å². The molecule has 118 valence electrons. The first-order valence-corrected chi connectivity index (χ1v) is 7.89. The third-order valence-corrected chi connectivity index (χ3v) is 4.17. The lowest BCUT2D eigenvalue weighted by atomic mass is 9.89. The first kappa shape index (κ1) is 17.3. The molecule has 4 nitrogen and oxygen atoms in total. The molecule has 0 aromatic heterocycles. The zero-order valence-electron chi connectivity index (χ0n) is 13.8. The van der Waals surface area contributed by atoms with Gasteiger partial charge in [-0.15, -0.1) is 0 Å². The average molecular weight is 284 g/mol. The number of carbonyl (C=O) groups is 1. The topological polar surface area (TPSA) is 52.6 Å². The van der Waals surface area contributed by atoms with Crippen molar-refractivity contribution in [3.8, 4) is 0 Å². The second-order valence-electron chi connectivity index (χ2n) is 7.59. The highest BCUT2D eigenvalue weighted by molar-refractivity contribution is 5.74. The Kier molecular flexibility index (Phi) is 6.31. The Balaban J connectivity index is 2.30. The lowest BCUT2D eigenvalue weighted by Crippen LogP contribution is -2.44. The summed E-state index contributed by atoms with van der Waals surface area (Å²) in [5.41, 5.74) is 0.304. The Morgan fingerprint density at radius 1 is 1.40 bits per heavy atom. The molecule has 0 bridgehead atoms. The highest BCUT2D eigenvalue weighted by Crippen LogP contribution is 2.26. The molecular weight excluding hydrogens is 252 g/mol. The highest BCUT2D eigenvalue weighted by Gasteiger charge is 2.27. The molecule has 2 N–H and O–H groups in total. The first-order valence-electron chi connectivity index (χ1n) is 7.89. The third-order valence-electron chi connectivity index (χ3n) is 4.17. The summed E-state index contributed by atoms with van der Waals surface area (Å²) in [5, 5.41) is 12.9. The van der Waals surface area contributed by atoms with E-state index in [4.69, 9.17) is 0 Å². The largest absolute Gasteiger partial charge is 0.393 e. The molecule has 3 atom stereocenters. The van der Waals surface area contributed by atoms with Gasteiger partial charge in [0.2, 0.25) is 0 Å². The molecule has 1 aliphatic carbocycles. The molecule has 0 aromatic rings. The van der Waals surface area contributed by atoms with Crippen LogP contribution in [0.1, 0.15) is 59.8 Å². The lowest BCUT2D eigenvalue weighted by molar-refractivity contribution is 0.113. The Hall–Kier alpha value is -0.770. The zero-order chi connectivity index (χ0) is 15.3. The molecule has 1 rings (SSSR count). The number of urea groups is 1. The first-order chi connectivity index (χ1) is 9.19. The van der Waals surface area contributed by atoms with Crippen molar-refractivity contribution in [1.82, 2.24) is 10.2 Å². The minimum Gasteiger partial charge on any atom is -0.393 e. The van der Waals surface area contributed by atoms with Gasteiger partial charge < -0.3 is 15.3 Å². The van der Waals surface area contributed by atoms with Crippen LogP contribution in [0, 0.1) is 11.3 Å². The van der Waals surface area contributed by atoms with Gasteiger partial charge in [-0.3, -0.25) is 0 Å². The van der Waals surface area contributed by atoms with E-state index in [0.29, 0.717) is 12.0 Å². The number of nitrogens with one attached hydrogen (secondary N) is 1. The molecule has 0 aliphatic heterocycles. The summed E-state index contributed by atoms with van der Waals surface area (Å²) in [6.07, 6.45) is 4.84. The van der Waals surface area contributed by atoms with Gasteiger partial charge in [0.05, 0.1) is 6.10 Å². The molecule has 0 saturated heterocycles. The van der Waals surface area contributed by atoms with Crippen LogP contribution >= 0.6 is 0 Å². The molecule has 0 spiro atoms. The normalized spacial score (nSPS) is 24.5. The van der Waals surface area contributed by atoms with Gasteiger partial charge in [0.15, 0.2) is 0 Å².